The first-order chi connectivity index (χ1) is 5.95. The zero-order valence-corrected chi connectivity index (χ0v) is 7.37. The predicted octanol–water partition coefficient (Wildman–Crippen LogP) is 0.819. The molecule has 0 spiro atoms. The van der Waals surface area contributed by atoms with Crippen molar-refractivity contribution in [2.75, 3.05) is 7.05 Å². The molecule has 2 atom stereocenters. The molecule has 0 aliphatic carbocycles. The van der Waals surface area contributed by atoms with Gasteiger partial charge in [0.25, 0.3) is 6.43 Å². The Morgan fingerprint density at radius 3 is 2.62 bits per heavy atom. The maximum absolute atomic E-state index is 12.2. The van der Waals surface area contributed by atoms with E-state index in [1.807, 2.05) is 0 Å². The monoisotopic (exact) mass is 212 g/mol. The average molecular weight is 213 g/mol. The number of nitrogens with zero attached hydrogens (tertiary/aromatic N) is 2. The van der Waals surface area contributed by atoms with Gasteiger partial charge in [0.2, 0.25) is 0 Å². The number of hydrazone groups is 1. The van der Waals surface area contributed by atoms with Crippen LogP contribution in [0.15, 0.2) is 5.10 Å². The summed E-state index contributed by atoms with van der Waals surface area (Å²) in [6.07, 6.45) is -2.88. The molecule has 4 nitrogen and oxygen atoms in total. The molecule has 1 rings (SSSR count). The Bertz CT molecular complexity index is 259. The van der Waals surface area contributed by atoms with Gasteiger partial charge < -0.3 is 5.11 Å². The summed E-state index contributed by atoms with van der Waals surface area (Å²) in [5, 5.41) is 13.0. The van der Waals surface area contributed by atoms with Crippen molar-refractivity contribution in [1.82, 2.24) is 5.01 Å². The average Bonchev–Trinajstić information content (AvgIpc) is 2.28. The molecule has 7 heteroatoms. The Morgan fingerprint density at radius 2 is 2.31 bits per heavy atom. The summed E-state index contributed by atoms with van der Waals surface area (Å²) in [5.74, 6) is -2.81. The van der Waals surface area contributed by atoms with Crippen molar-refractivity contribution in [1.29, 1.82) is 0 Å². The molecule has 0 saturated carbocycles. The summed E-state index contributed by atoms with van der Waals surface area (Å²) in [7, 11) is 1.35. The number of carbonyl (C=O) groups is 1. The van der Waals surface area contributed by atoms with Crippen LogP contribution in [-0.4, -0.2) is 40.8 Å². The molecule has 0 bridgehead atoms. The highest BCUT2D eigenvalue weighted by molar-refractivity contribution is 6.25. The molecular weight excluding hydrogens is 206 g/mol. The van der Waals surface area contributed by atoms with E-state index in [1.165, 1.54) is 7.05 Å². The third kappa shape index (κ3) is 1.72. The lowest BCUT2D eigenvalue weighted by Gasteiger charge is -2.14. The molecule has 13 heavy (non-hydrogen) atoms. The standard InChI is InChI=1S/C6H7ClF2N2O2/c1-11-4(7)2(6(12)13)3(10-11)5(8)9/h2,4-5H,1H3,(H,12,13). The van der Waals surface area contributed by atoms with Crippen LogP contribution in [-0.2, 0) is 4.79 Å². The van der Waals surface area contributed by atoms with Crippen LogP contribution in [0.2, 0.25) is 0 Å². The van der Waals surface area contributed by atoms with Crippen LogP contribution in [0.25, 0.3) is 0 Å². The van der Waals surface area contributed by atoms with E-state index >= 15 is 0 Å². The van der Waals surface area contributed by atoms with Crippen LogP contribution in [0, 0.1) is 5.92 Å². The lowest BCUT2D eigenvalue weighted by atomic mass is 10.1. The van der Waals surface area contributed by atoms with E-state index in [2.05, 4.69) is 5.10 Å². The first-order valence-corrected chi connectivity index (χ1v) is 3.85. The Kier molecular flexibility index (Phi) is 2.70. The van der Waals surface area contributed by atoms with Gasteiger partial charge in [-0.05, 0) is 0 Å². The normalized spacial score (nSPS) is 28.1. The van der Waals surface area contributed by atoms with Gasteiger partial charge in [-0.3, -0.25) is 9.80 Å². The van der Waals surface area contributed by atoms with Crippen LogP contribution >= 0.6 is 11.6 Å². The lowest BCUT2D eigenvalue weighted by molar-refractivity contribution is -0.140. The van der Waals surface area contributed by atoms with Crippen molar-refractivity contribution in [2.45, 2.75) is 11.9 Å². The fourth-order valence-corrected chi connectivity index (χ4v) is 1.36. The summed E-state index contributed by atoms with van der Waals surface area (Å²) in [5.41, 5.74) is -1.73. The zero-order valence-electron chi connectivity index (χ0n) is 6.62. The Labute approximate surface area is 77.8 Å². The second-order valence-corrected chi connectivity index (χ2v) is 3.03. The van der Waals surface area contributed by atoms with E-state index in [-0.39, 0.29) is 0 Å². The van der Waals surface area contributed by atoms with Crippen molar-refractivity contribution >= 4 is 23.3 Å². The van der Waals surface area contributed by atoms with Crippen molar-refractivity contribution in [2.24, 2.45) is 11.0 Å². The van der Waals surface area contributed by atoms with Gasteiger partial charge in [-0.15, -0.1) is 0 Å². The first-order valence-electron chi connectivity index (χ1n) is 3.41. The molecule has 0 aromatic heterocycles. The largest absolute Gasteiger partial charge is 0.481 e. The maximum atomic E-state index is 12.2. The number of carboxylic acid groups (broad SMARTS) is 1. The van der Waals surface area contributed by atoms with E-state index in [9.17, 15) is 13.6 Å². The summed E-state index contributed by atoms with van der Waals surface area (Å²) in [6, 6.07) is 0. The molecule has 0 fully saturated rings. The number of hydrogen-bond donors (Lipinski definition) is 1. The van der Waals surface area contributed by atoms with Gasteiger partial charge in [0, 0.05) is 7.05 Å². The Balaban J connectivity index is 2.93. The molecule has 1 N–H and O–H groups in total. The molecule has 1 heterocycles. The van der Waals surface area contributed by atoms with Gasteiger partial charge in [0.15, 0.2) is 0 Å². The second kappa shape index (κ2) is 3.45. The van der Waals surface area contributed by atoms with E-state index < -0.39 is 29.5 Å². The lowest BCUT2D eigenvalue weighted by Crippen LogP contribution is -2.34. The minimum absolute atomic E-state index is 0.685. The van der Waals surface area contributed by atoms with E-state index in [0.29, 0.717) is 0 Å². The zero-order chi connectivity index (χ0) is 10.2. The molecule has 0 radical (unpaired) electrons. The minimum atomic E-state index is -2.88. The molecule has 0 aromatic carbocycles. The number of halogens is 3. The van der Waals surface area contributed by atoms with Gasteiger partial charge >= 0.3 is 5.97 Å². The smallest absolute Gasteiger partial charge is 0.316 e. The van der Waals surface area contributed by atoms with E-state index in [0.717, 1.165) is 5.01 Å². The van der Waals surface area contributed by atoms with Gasteiger partial charge in [-0.2, -0.15) is 5.10 Å². The first kappa shape index (κ1) is 10.2. The maximum Gasteiger partial charge on any atom is 0.316 e. The van der Waals surface area contributed by atoms with Crippen molar-refractivity contribution in [3.63, 3.8) is 0 Å². The minimum Gasteiger partial charge on any atom is -0.481 e. The summed E-state index contributed by atoms with van der Waals surface area (Å²) < 4.78 is 24.4. The quantitative estimate of drug-likeness (QED) is 0.545. The van der Waals surface area contributed by atoms with Crippen molar-refractivity contribution in [3.05, 3.63) is 0 Å². The number of carboxylic acids is 1. The Morgan fingerprint density at radius 1 is 1.77 bits per heavy atom. The highest BCUT2D eigenvalue weighted by atomic mass is 35.5. The van der Waals surface area contributed by atoms with Gasteiger partial charge in [0.05, 0.1) is 0 Å². The van der Waals surface area contributed by atoms with Crippen LogP contribution in [0.4, 0.5) is 8.78 Å². The third-order valence-corrected chi connectivity index (χ3v) is 2.25. The SMILES string of the molecule is CN1N=C(C(F)F)C(C(=O)O)C1Cl. The molecule has 1 aliphatic rings. The molecule has 2 unspecified atom stereocenters. The number of aliphatic carboxylic acids is 1. The number of alkyl halides is 3. The van der Waals surface area contributed by atoms with Gasteiger partial charge in [0.1, 0.15) is 17.1 Å². The highest BCUT2D eigenvalue weighted by Crippen LogP contribution is 2.26. The molecule has 74 valence electrons. The fraction of sp³-hybridized carbons (Fsp3) is 0.667. The molecular formula is C6H7ClF2N2O2. The summed E-state index contributed by atoms with van der Waals surface area (Å²) in [6.45, 7) is 0. The topological polar surface area (TPSA) is 52.9 Å². The van der Waals surface area contributed by atoms with Gasteiger partial charge in [-0.1, -0.05) is 11.6 Å². The van der Waals surface area contributed by atoms with Crippen LogP contribution in [0.3, 0.4) is 0 Å². The highest BCUT2D eigenvalue weighted by Gasteiger charge is 2.43. The fourth-order valence-electron chi connectivity index (χ4n) is 1.08. The number of hydrogen-bond acceptors (Lipinski definition) is 3. The van der Waals surface area contributed by atoms with Crippen molar-refractivity contribution < 1.29 is 18.7 Å². The van der Waals surface area contributed by atoms with Crippen LogP contribution in [0.5, 0.6) is 0 Å². The number of rotatable bonds is 2. The second-order valence-electron chi connectivity index (χ2n) is 2.59. The molecule has 1 aliphatic heterocycles. The molecule has 0 saturated heterocycles. The van der Waals surface area contributed by atoms with E-state index in [1.54, 1.807) is 0 Å². The summed E-state index contributed by atoms with van der Waals surface area (Å²) >= 11 is 5.56. The summed E-state index contributed by atoms with van der Waals surface area (Å²) in [4.78, 5) is 10.5. The van der Waals surface area contributed by atoms with Crippen LogP contribution in [0.1, 0.15) is 0 Å². The van der Waals surface area contributed by atoms with E-state index in [4.69, 9.17) is 16.7 Å². The van der Waals surface area contributed by atoms with Crippen LogP contribution < -0.4 is 0 Å². The third-order valence-electron chi connectivity index (χ3n) is 1.71. The Hall–Kier alpha value is -0.910. The van der Waals surface area contributed by atoms with Gasteiger partial charge in [-0.25, -0.2) is 8.78 Å². The predicted molar refractivity (Wildman–Crippen MR) is 42.0 cm³/mol. The van der Waals surface area contributed by atoms with Crippen molar-refractivity contribution in [3.8, 4) is 0 Å². The molecule has 0 aromatic rings. The molecule has 0 amide bonds.